The first-order valence-corrected chi connectivity index (χ1v) is 5.58. The van der Waals surface area contributed by atoms with Gasteiger partial charge < -0.3 is 4.74 Å². The van der Waals surface area contributed by atoms with Crippen molar-refractivity contribution in [1.29, 1.82) is 0 Å². The summed E-state index contributed by atoms with van der Waals surface area (Å²) < 4.78 is 5.64. The normalized spacial score (nSPS) is 9.60. The summed E-state index contributed by atoms with van der Waals surface area (Å²) in [5.41, 5.74) is 0.927. The Morgan fingerprint density at radius 1 is 1.33 bits per heavy atom. The van der Waals surface area contributed by atoms with Crippen molar-refractivity contribution in [2.45, 2.75) is 26.4 Å². The van der Waals surface area contributed by atoms with Crippen molar-refractivity contribution < 1.29 is 4.74 Å². The van der Waals surface area contributed by atoms with Crippen LogP contribution in [0.5, 0.6) is 5.75 Å². The molecule has 0 spiro atoms. The SMILES string of the molecule is CC(C)Oc1ccccc1C#CCCCl. The smallest absolute Gasteiger partial charge is 0.135 e. The van der Waals surface area contributed by atoms with E-state index in [0.717, 1.165) is 11.3 Å². The maximum absolute atomic E-state index is 5.64. The highest BCUT2D eigenvalue weighted by molar-refractivity contribution is 6.18. The predicted molar refractivity (Wildman–Crippen MR) is 64.4 cm³/mol. The molecule has 0 aliphatic carbocycles. The lowest BCUT2D eigenvalue weighted by atomic mass is 10.2. The van der Waals surface area contributed by atoms with Gasteiger partial charge in [-0.2, -0.15) is 0 Å². The Bertz CT molecular complexity index is 360. The second-order valence-corrected chi connectivity index (χ2v) is 3.78. The van der Waals surface area contributed by atoms with Crippen LogP contribution in [0.15, 0.2) is 24.3 Å². The third-order valence-electron chi connectivity index (χ3n) is 1.69. The first kappa shape index (κ1) is 11.9. The first-order chi connectivity index (χ1) is 7.24. The molecule has 1 rings (SSSR count). The highest BCUT2D eigenvalue weighted by atomic mass is 35.5. The summed E-state index contributed by atoms with van der Waals surface area (Å²) in [4.78, 5) is 0. The summed E-state index contributed by atoms with van der Waals surface area (Å²) in [5.74, 6) is 7.47. The molecule has 80 valence electrons. The van der Waals surface area contributed by atoms with Crippen LogP contribution >= 0.6 is 11.6 Å². The van der Waals surface area contributed by atoms with Crippen LogP contribution < -0.4 is 4.74 Å². The van der Waals surface area contributed by atoms with Crippen LogP contribution in [0.3, 0.4) is 0 Å². The van der Waals surface area contributed by atoms with Crippen LogP contribution in [0.2, 0.25) is 0 Å². The Hall–Kier alpha value is -1.13. The molecule has 0 atom stereocenters. The van der Waals surface area contributed by atoms with Crippen LogP contribution in [-0.2, 0) is 0 Å². The zero-order valence-electron chi connectivity index (χ0n) is 9.09. The maximum Gasteiger partial charge on any atom is 0.135 e. The number of para-hydroxylation sites is 1. The average Bonchev–Trinajstić information content (AvgIpc) is 2.20. The molecule has 0 saturated heterocycles. The Kier molecular flexibility index (Phi) is 5.07. The Morgan fingerprint density at radius 2 is 2.07 bits per heavy atom. The summed E-state index contributed by atoms with van der Waals surface area (Å²) in [7, 11) is 0. The van der Waals surface area contributed by atoms with Gasteiger partial charge in [-0.3, -0.25) is 0 Å². The second kappa shape index (κ2) is 6.37. The minimum Gasteiger partial charge on any atom is -0.490 e. The lowest BCUT2D eigenvalue weighted by molar-refractivity contribution is 0.242. The molecule has 15 heavy (non-hydrogen) atoms. The summed E-state index contributed by atoms with van der Waals surface area (Å²) in [6.07, 6.45) is 0.873. The van der Waals surface area contributed by atoms with E-state index in [1.54, 1.807) is 0 Å². The number of hydrogen-bond acceptors (Lipinski definition) is 1. The average molecular weight is 223 g/mol. The number of benzene rings is 1. The fraction of sp³-hybridized carbons (Fsp3) is 0.385. The van der Waals surface area contributed by atoms with Crippen LogP contribution in [-0.4, -0.2) is 12.0 Å². The lowest BCUT2D eigenvalue weighted by Crippen LogP contribution is -2.06. The second-order valence-electron chi connectivity index (χ2n) is 3.40. The molecule has 1 nitrogen and oxygen atoms in total. The quantitative estimate of drug-likeness (QED) is 0.562. The Labute approximate surface area is 96.4 Å². The molecule has 0 aliphatic heterocycles. The minimum absolute atomic E-state index is 0.168. The number of ether oxygens (including phenoxy) is 1. The molecule has 1 aromatic carbocycles. The molecule has 0 fully saturated rings. The molecule has 0 amide bonds. The van der Waals surface area contributed by atoms with Gasteiger partial charge >= 0.3 is 0 Å². The van der Waals surface area contributed by atoms with Crippen LogP contribution in [0.4, 0.5) is 0 Å². The fourth-order valence-corrected chi connectivity index (χ4v) is 1.23. The molecule has 2 heteroatoms. The molecule has 1 aromatic rings. The van der Waals surface area contributed by atoms with Crippen molar-refractivity contribution in [3.63, 3.8) is 0 Å². The van der Waals surface area contributed by atoms with Crippen molar-refractivity contribution in [2.75, 3.05) is 5.88 Å². The van der Waals surface area contributed by atoms with Gasteiger partial charge in [-0.05, 0) is 26.0 Å². The number of halogens is 1. The van der Waals surface area contributed by atoms with Gasteiger partial charge in [0, 0.05) is 12.3 Å². The summed E-state index contributed by atoms with van der Waals surface area (Å²) in [6.45, 7) is 4.01. The first-order valence-electron chi connectivity index (χ1n) is 5.04. The van der Waals surface area contributed by atoms with Gasteiger partial charge in [0.2, 0.25) is 0 Å². The van der Waals surface area contributed by atoms with E-state index in [1.165, 1.54) is 0 Å². The topological polar surface area (TPSA) is 9.23 Å². The number of alkyl halides is 1. The van der Waals surface area contributed by atoms with E-state index in [2.05, 4.69) is 11.8 Å². The zero-order chi connectivity index (χ0) is 11.1. The van der Waals surface area contributed by atoms with Gasteiger partial charge in [-0.25, -0.2) is 0 Å². The van der Waals surface area contributed by atoms with Crippen molar-refractivity contribution in [1.82, 2.24) is 0 Å². The molecule has 0 unspecified atom stereocenters. The van der Waals surface area contributed by atoms with Crippen molar-refractivity contribution in [3.8, 4) is 17.6 Å². The Morgan fingerprint density at radius 3 is 2.73 bits per heavy atom. The molecule has 0 bridgehead atoms. The van der Waals surface area contributed by atoms with Crippen molar-refractivity contribution in [3.05, 3.63) is 29.8 Å². The standard InChI is InChI=1S/C13H15ClO/c1-11(2)15-13-9-4-3-7-12(13)8-5-6-10-14/h3-4,7,9,11H,6,10H2,1-2H3. The molecular formula is C13H15ClO. The number of hydrogen-bond donors (Lipinski definition) is 0. The van der Waals surface area contributed by atoms with Gasteiger partial charge in [0.15, 0.2) is 0 Å². The van der Waals surface area contributed by atoms with E-state index in [9.17, 15) is 0 Å². The summed E-state index contributed by atoms with van der Waals surface area (Å²) >= 11 is 5.56. The minimum atomic E-state index is 0.168. The van der Waals surface area contributed by atoms with Gasteiger partial charge in [-0.15, -0.1) is 11.6 Å². The largest absolute Gasteiger partial charge is 0.490 e. The Balaban J connectivity index is 2.83. The van der Waals surface area contributed by atoms with Crippen molar-refractivity contribution >= 4 is 11.6 Å². The monoisotopic (exact) mass is 222 g/mol. The third-order valence-corrected chi connectivity index (χ3v) is 1.88. The van der Waals surface area contributed by atoms with E-state index >= 15 is 0 Å². The fourth-order valence-electron chi connectivity index (χ4n) is 1.13. The zero-order valence-corrected chi connectivity index (χ0v) is 9.84. The van der Waals surface area contributed by atoms with E-state index in [0.29, 0.717) is 12.3 Å². The predicted octanol–water partition coefficient (Wildman–Crippen LogP) is 3.45. The van der Waals surface area contributed by atoms with Gasteiger partial charge in [0.1, 0.15) is 5.75 Å². The molecule has 0 aliphatic rings. The molecule has 0 radical (unpaired) electrons. The van der Waals surface area contributed by atoms with Gasteiger partial charge in [0.25, 0.3) is 0 Å². The van der Waals surface area contributed by atoms with E-state index in [1.807, 2.05) is 38.1 Å². The number of rotatable bonds is 3. The third kappa shape index (κ3) is 4.27. The molecular weight excluding hydrogens is 208 g/mol. The van der Waals surface area contributed by atoms with Crippen LogP contribution in [0.1, 0.15) is 25.8 Å². The van der Waals surface area contributed by atoms with E-state index in [4.69, 9.17) is 16.3 Å². The molecule has 0 heterocycles. The van der Waals surface area contributed by atoms with Gasteiger partial charge in [-0.1, -0.05) is 24.0 Å². The van der Waals surface area contributed by atoms with Crippen LogP contribution in [0, 0.1) is 11.8 Å². The summed E-state index contributed by atoms with van der Waals surface area (Å²) in [5, 5.41) is 0. The molecule has 0 saturated carbocycles. The maximum atomic E-state index is 5.64. The highest BCUT2D eigenvalue weighted by Gasteiger charge is 2.01. The van der Waals surface area contributed by atoms with E-state index in [-0.39, 0.29) is 6.10 Å². The van der Waals surface area contributed by atoms with Crippen molar-refractivity contribution in [2.24, 2.45) is 0 Å². The highest BCUT2D eigenvalue weighted by Crippen LogP contribution is 2.17. The van der Waals surface area contributed by atoms with Crippen LogP contribution in [0.25, 0.3) is 0 Å². The molecule has 0 aromatic heterocycles. The molecule has 0 N–H and O–H groups in total. The lowest BCUT2D eigenvalue weighted by Gasteiger charge is -2.10. The summed E-state index contributed by atoms with van der Waals surface area (Å²) in [6, 6.07) is 7.80. The van der Waals surface area contributed by atoms with Gasteiger partial charge in [0.05, 0.1) is 11.7 Å². The van der Waals surface area contributed by atoms with E-state index < -0.39 is 0 Å².